The summed E-state index contributed by atoms with van der Waals surface area (Å²) in [5, 5.41) is 3.50. The van der Waals surface area contributed by atoms with Crippen LogP contribution in [-0.2, 0) is 6.54 Å². The number of nitrogens with zero attached hydrogens (tertiary/aromatic N) is 3. The van der Waals surface area contributed by atoms with Crippen molar-refractivity contribution in [2.45, 2.75) is 13.5 Å². The predicted octanol–water partition coefficient (Wildman–Crippen LogP) is 4.66. The number of urea groups is 1. The van der Waals surface area contributed by atoms with Gasteiger partial charge in [-0.15, -0.1) is 0 Å². The second-order valence-corrected chi connectivity index (χ2v) is 7.89. The normalized spacial score (nSPS) is 14.5. The van der Waals surface area contributed by atoms with Gasteiger partial charge in [0.1, 0.15) is 11.5 Å². The third-order valence-corrected chi connectivity index (χ3v) is 5.57. The van der Waals surface area contributed by atoms with Crippen molar-refractivity contribution in [3.63, 3.8) is 0 Å². The van der Waals surface area contributed by atoms with Crippen LogP contribution in [-0.4, -0.2) is 54.1 Å². The molecule has 1 N–H and O–H groups in total. The lowest BCUT2D eigenvalue weighted by Gasteiger charge is -2.34. The molecule has 7 nitrogen and oxygen atoms in total. The maximum Gasteiger partial charge on any atom is 0.321 e. The number of hydrogen-bond donors (Lipinski definition) is 1. The minimum absolute atomic E-state index is 0.110. The molecule has 0 radical (unpaired) electrons. The van der Waals surface area contributed by atoms with Crippen molar-refractivity contribution >= 4 is 23.3 Å². The fourth-order valence-electron chi connectivity index (χ4n) is 3.52. The van der Waals surface area contributed by atoms with Crippen LogP contribution in [0.15, 0.2) is 52.9 Å². The molecule has 0 atom stereocenters. The van der Waals surface area contributed by atoms with Gasteiger partial charge in [0.05, 0.1) is 12.8 Å². The summed E-state index contributed by atoms with van der Waals surface area (Å²) in [7, 11) is 1.64. The van der Waals surface area contributed by atoms with E-state index in [1.807, 2.05) is 48.2 Å². The summed E-state index contributed by atoms with van der Waals surface area (Å²) in [6.45, 7) is 5.46. The van der Waals surface area contributed by atoms with E-state index in [9.17, 15) is 4.79 Å². The predicted molar refractivity (Wildman–Crippen MR) is 121 cm³/mol. The summed E-state index contributed by atoms with van der Waals surface area (Å²) in [6.07, 6.45) is 0. The van der Waals surface area contributed by atoms with Crippen molar-refractivity contribution in [1.82, 2.24) is 14.8 Å². The summed E-state index contributed by atoms with van der Waals surface area (Å²) in [4.78, 5) is 21.3. The second-order valence-electron chi connectivity index (χ2n) is 7.45. The molecule has 162 valence electrons. The van der Waals surface area contributed by atoms with Crippen LogP contribution in [0.5, 0.6) is 5.75 Å². The van der Waals surface area contributed by atoms with Gasteiger partial charge in [0.2, 0.25) is 5.89 Å². The van der Waals surface area contributed by atoms with Gasteiger partial charge in [-0.05, 0) is 49.4 Å². The van der Waals surface area contributed by atoms with Crippen LogP contribution in [0.1, 0.15) is 11.5 Å². The molecule has 0 bridgehead atoms. The Morgan fingerprint density at radius 2 is 1.90 bits per heavy atom. The number of aryl methyl sites for hydroxylation is 1. The number of carbonyl (C=O) groups is 1. The molecular formula is C23H25ClN4O3. The number of aromatic nitrogens is 1. The van der Waals surface area contributed by atoms with Crippen molar-refractivity contribution in [2.24, 2.45) is 0 Å². The first-order valence-corrected chi connectivity index (χ1v) is 10.5. The SMILES string of the molecule is COc1ccc(-c2nc(CN3CCN(C(=O)Nc4cccc(Cl)c4)CC3)c(C)o2)cc1. The van der Waals surface area contributed by atoms with Crippen molar-refractivity contribution in [1.29, 1.82) is 0 Å². The lowest BCUT2D eigenvalue weighted by molar-refractivity contribution is 0.141. The molecule has 0 aliphatic carbocycles. The number of hydrogen-bond acceptors (Lipinski definition) is 5. The van der Waals surface area contributed by atoms with E-state index in [1.54, 1.807) is 19.2 Å². The van der Waals surface area contributed by atoms with E-state index in [-0.39, 0.29) is 6.03 Å². The quantitative estimate of drug-likeness (QED) is 0.624. The number of methoxy groups -OCH3 is 1. The maximum atomic E-state index is 12.5. The second kappa shape index (κ2) is 9.41. The van der Waals surface area contributed by atoms with Gasteiger partial charge in [0, 0.05) is 49.0 Å². The highest BCUT2D eigenvalue weighted by Gasteiger charge is 2.23. The molecule has 1 aromatic heterocycles. The van der Waals surface area contributed by atoms with E-state index < -0.39 is 0 Å². The van der Waals surface area contributed by atoms with E-state index in [1.165, 1.54) is 0 Å². The van der Waals surface area contributed by atoms with Gasteiger partial charge in [-0.3, -0.25) is 4.90 Å². The van der Waals surface area contributed by atoms with E-state index in [4.69, 9.17) is 25.7 Å². The van der Waals surface area contributed by atoms with Crippen molar-refractivity contribution in [2.75, 3.05) is 38.6 Å². The standard InChI is InChI=1S/C23H25ClN4O3/c1-16-21(26-22(31-16)17-6-8-20(30-2)9-7-17)15-27-10-12-28(13-11-27)23(29)25-19-5-3-4-18(24)14-19/h3-9,14H,10-13,15H2,1-2H3,(H,25,29). The summed E-state index contributed by atoms with van der Waals surface area (Å²) < 4.78 is 11.1. The molecule has 2 aromatic carbocycles. The summed E-state index contributed by atoms with van der Waals surface area (Å²) >= 11 is 5.99. The molecule has 1 aliphatic rings. The molecule has 2 heterocycles. The van der Waals surface area contributed by atoms with Crippen LogP contribution in [0.4, 0.5) is 10.5 Å². The van der Waals surface area contributed by atoms with Crippen LogP contribution >= 0.6 is 11.6 Å². The highest BCUT2D eigenvalue weighted by molar-refractivity contribution is 6.30. The minimum Gasteiger partial charge on any atom is -0.497 e. The molecule has 31 heavy (non-hydrogen) atoms. The number of halogens is 1. The molecule has 8 heteroatoms. The summed E-state index contributed by atoms with van der Waals surface area (Å²) in [6, 6.07) is 14.7. The number of piperazine rings is 1. The van der Waals surface area contributed by atoms with Gasteiger partial charge in [0.15, 0.2) is 0 Å². The van der Waals surface area contributed by atoms with Crippen LogP contribution in [0.25, 0.3) is 11.5 Å². The number of oxazole rings is 1. The van der Waals surface area contributed by atoms with Crippen LogP contribution in [0.2, 0.25) is 5.02 Å². The van der Waals surface area contributed by atoms with Gasteiger partial charge in [-0.2, -0.15) is 0 Å². The van der Waals surface area contributed by atoms with Crippen LogP contribution in [0.3, 0.4) is 0 Å². The topological polar surface area (TPSA) is 70.8 Å². The van der Waals surface area contributed by atoms with Crippen molar-refractivity contribution in [3.05, 3.63) is 65.0 Å². The molecule has 1 fully saturated rings. The van der Waals surface area contributed by atoms with E-state index in [0.29, 0.717) is 36.2 Å². The zero-order chi connectivity index (χ0) is 21.8. The van der Waals surface area contributed by atoms with Gasteiger partial charge in [0.25, 0.3) is 0 Å². The number of ether oxygens (including phenoxy) is 1. The molecule has 4 rings (SSSR count). The first-order valence-electron chi connectivity index (χ1n) is 10.2. The Balaban J connectivity index is 1.32. The molecular weight excluding hydrogens is 416 g/mol. The van der Waals surface area contributed by atoms with Gasteiger partial charge >= 0.3 is 6.03 Å². The molecule has 1 aliphatic heterocycles. The number of benzene rings is 2. The zero-order valence-corrected chi connectivity index (χ0v) is 18.4. The molecule has 0 spiro atoms. The van der Waals surface area contributed by atoms with Gasteiger partial charge < -0.3 is 19.4 Å². The summed E-state index contributed by atoms with van der Waals surface area (Å²) in [5.41, 5.74) is 2.53. The number of anilines is 1. The molecule has 0 unspecified atom stereocenters. The van der Waals surface area contributed by atoms with Crippen molar-refractivity contribution in [3.8, 4) is 17.2 Å². The van der Waals surface area contributed by atoms with Gasteiger partial charge in [-0.25, -0.2) is 9.78 Å². The molecule has 1 saturated heterocycles. The Hall–Kier alpha value is -3.03. The zero-order valence-electron chi connectivity index (χ0n) is 17.6. The Kier molecular flexibility index (Phi) is 6.44. The fraction of sp³-hybridized carbons (Fsp3) is 0.304. The number of amides is 2. The Morgan fingerprint density at radius 1 is 1.16 bits per heavy atom. The summed E-state index contributed by atoms with van der Waals surface area (Å²) in [5.74, 6) is 2.21. The smallest absolute Gasteiger partial charge is 0.321 e. The third kappa shape index (κ3) is 5.18. The van der Waals surface area contributed by atoms with E-state index >= 15 is 0 Å². The Morgan fingerprint density at radius 3 is 2.58 bits per heavy atom. The number of rotatable bonds is 5. The Bertz CT molecular complexity index is 1040. The lowest BCUT2D eigenvalue weighted by atomic mass is 10.2. The Labute approximate surface area is 186 Å². The van der Waals surface area contributed by atoms with Crippen LogP contribution in [0, 0.1) is 6.92 Å². The van der Waals surface area contributed by atoms with E-state index in [2.05, 4.69) is 10.2 Å². The number of nitrogens with one attached hydrogen (secondary N) is 1. The number of carbonyl (C=O) groups excluding carboxylic acids is 1. The molecule has 2 amide bonds. The van der Waals surface area contributed by atoms with Gasteiger partial charge in [-0.1, -0.05) is 17.7 Å². The fourth-order valence-corrected chi connectivity index (χ4v) is 3.71. The largest absolute Gasteiger partial charge is 0.497 e. The average molecular weight is 441 g/mol. The maximum absolute atomic E-state index is 12.5. The lowest BCUT2D eigenvalue weighted by Crippen LogP contribution is -2.49. The first-order chi connectivity index (χ1) is 15.0. The van der Waals surface area contributed by atoms with Crippen molar-refractivity contribution < 1.29 is 13.9 Å². The third-order valence-electron chi connectivity index (χ3n) is 5.34. The molecule has 0 saturated carbocycles. The average Bonchev–Trinajstić information content (AvgIpc) is 3.14. The highest BCUT2D eigenvalue weighted by atomic mass is 35.5. The monoisotopic (exact) mass is 440 g/mol. The minimum atomic E-state index is -0.110. The van der Waals surface area contributed by atoms with E-state index in [0.717, 1.165) is 35.9 Å². The first kappa shape index (κ1) is 21.2. The van der Waals surface area contributed by atoms with Crippen LogP contribution < -0.4 is 10.1 Å². The molecule has 3 aromatic rings. The highest BCUT2D eigenvalue weighted by Crippen LogP contribution is 2.25.